The summed E-state index contributed by atoms with van der Waals surface area (Å²) < 4.78 is 53.8. The van der Waals surface area contributed by atoms with Gasteiger partial charge in [-0.2, -0.15) is 13.2 Å². The fourth-order valence-electron chi connectivity index (χ4n) is 3.75. The van der Waals surface area contributed by atoms with Gasteiger partial charge in [0.15, 0.2) is 5.79 Å². The summed E-state index contributed by atoms with van der Waals surface area (Å²) in [5.41, 5.74) is 3.73. The Labute approximate surface area is 177 Å². The highest BCUT2D eigenvalue weighted by atomic mass is 19.4. The molecule has 0 unspecified atom stereocenters. The second-order valence-corrected chi connectivity index (χ2v) is 7.15. The lowest BCUT2D eigenvalue weighted by molar-refractivity contribution is -0.181. The third kappa shape index (κ3) is 4.57. The molecule has 0 aliphatic heterocycles. The minimum atomic E-state index is -4.97. The first-order valence-electron chi connectivity index (χ1n) is 9.43. The van der Waals surface area contributed by atoms with Crippen LogP contribution >= 0.6 is 0 Å². The summed E-state index contributed by atoms with van der Waals surface area (Å²) in [5, 5.41) is 1.88. The molecule has 2 aliphatic carbocycles. The second-order valence-electron chi connectivity index (χ2n) is 7.15. The molecule has 31 heavy (non-hydrogen) atoms. The molecule has 0 saturated carbocycles. The van der Waals surface area contributed by atoms with E-state index in [0.717, 1.165) is 22.3 Å². The lowest BCUT2D eigenvalue weighted by atomic mass is 9.86. The van der Waals surface area contributed by atoms with E-state index in [4.69, 9.17) is 14.2 Å². The van der Waals surface area contributed by atoms with Gasteiger partial charge in [-0.3, -0.25) is 4.79 Å². The number of carbonyl (C=O) groups excluding carboxylic acids is 2. The Morgan fingerprint density at radius 1 is 1.13 bits per heavy atom. The van der Waals surface area contributed by atoms with E-state index in [9.17, 15) is 22.8 Å². The predicted octanol–water partition coefficient (Wildman–Crippen LogP) is 3.94. The Hall–Kier alpha value is -2.91. The number of amides is 1. The van der Waals surface area contributed by atoms with E-state index in [1.807, 2.05) is 11.4 Å². The quantitative estimate of drug-likeness (QED) is 0.539. The van der Waals surface area contributed by atoms with E-state index in [1.165, 1.54) is 33.5 Å². The van der Waals surface area contributed by atoms with Gasteiger partial charge in [0.05, 0.1) is 7.11 Å². The van der Waals surface area contributed by atoms with Gasteiger partial charge in [0.1, 0.15) is 0 Å². The molecule has 0 fully saturated rings. The number of ether oxygens (including phenoxy) is 3. The van der Waals surface area contributed by atoms with Crippen molar-refractivity contribution < 1.29 is 37.0 Å². The van der Waals surface area contributed by atoms with Crippen LogP contribution in [0.3, 0.4) is 0 Å². The second kappa shape index (κ2) is 8.68. The van der Waals surface area contributed by atoms with E-state index >= 15 is 0 Å². The molecule has 2 aliphatic rings. The van der Waals surface area contributed by atoms with Crippen LogP contribution in [-0.2, 0) is 30.2 Å². The van der Waals surface area contributed by atoms with Gasteiger partial charge in [-0.1, -0.05) is 24.3 Å². The van der Waals surface area contributed by atoms with Gasteiger partial charge in [-0.05, 0) is 47.2 Å². The van der Waals surface area contributed by atoms with Crippen LogP contribution in [0.4, 0.5) is 18.9 Å². The molecular weight excluding hydrogens is 415 g/mol. The number of hydrogen-bond donors (Lipinski definition) is 1. The number of anilines is 1. The van der Waals surface area contributed by atoms with Gasteiger partial charge < -0.3 is 19.5 Å². The van der Waals surface area contributed by atoms with E-state index in [-0.39, 0.29) is 12.1 Å². The van der Waals surface area contributed by atoms with Crippen molar-refractivity contribution in [3.8, 4) is 0 Å². The average molecular weight is 437 g/mol. The SMILES string of the molecule is COC(=O)C1=CC=C(CC2=CCc3ccc(NC(=O)C(F)(F)F)cc32)C(OC)(OC)C1. The van der Waals surface area contributed by atoms with E-state index in [0.29, 0.717) is 18.4 Å². The van der Waals surface area contributed by atoms with Crippen molar-refractivity contribution in [3.63, 3.8) is 0 Å². The molecule has 0 spiro atoms. The van der Waals surface area contributed by atoms with Crippen molar-refractivity contribution in [2.24, 2.45) is 0 Å². The zero-order chi connectivity index (χ0) is 22.8. The van der Waals surface area contributed by atoms with Gasteiger partial charge >= 0.3 is 18.1 Å². The number of methoxy groups -OCH3 is 3. The molecule has 0 heterocycles. The van der Waals surface area contributed by atoms with Gasteiger partial charge in [-0.15, -0.1) is 0 Å². The minimum absolute atomic E-state index is 0.0594. The zero-order valence-corrected chi connectivity index (χ0v) is 17.3. The Balaban J connectivity index is 1.88. The molecule has 0 radical (unpaired) electrons. The van der Waals surface area contributed by atoms with Crippen LogP contribution in [0.2, 0.25) is 0 Å². The van der Waals surface area contributed by atoms with Crippen LogP contribution in [0, 0.1) is 0 Å². The van der Waals surface area contributed by atoms with Crippen LogP contribution in [0.25, 0.3) is 5.57 Å². The predicted molar refractivity (Wildman–Crippen MR) is 107 cm³/mol. The first-order chi connectivity index (χ1) is 14.6. The van der Waals surface area contributed by atoms with Crippen LogP contribution in [0.5, 0.6) is 0 Å². The molecule has 1 aromatic carbocycles. The van der Waals surface area contributed by atoms with Crippen LogP contribution in [0.1, 0.15) is 24.0 Å². The highest BCUT2D eigenvalue weighted by Crippen LogP contribution is 2.41. The number of fused-ring (bicyclic) bond motifs is 1. The maximum Gasteiger partial charge on any atom is 0.471 e. The molecule has 6 nitrogen and oxygen atoms in total. The molecule has 0 saturated heterocycles. The third-order valence-electron chi connectivity index (χ3n) is 5.43. The summed E-state index contributed by atoms with van der Waals surface area (Å²) in [6.07, 6.45) is 1.53. The summed E-state index contributed by atoms with van der Waals surface area (Å²) in [6, 6.07) is 4.66. The van der Waals surface area contributed by atoms with Crippen molar-refractivity contribution in [2.45, 2.75) is 31.2 Å². The van der Waals surface area contributed by atoms with E-state index in [1.54, 1.807) is 18.2 Å². The van der Waals surface area contributed by atoms with Crippen molar-refractivity contribution in [1.29, 1.82) is 0 Å². The third-order valence-corrected chi connectivity index (χ3v) is 5.43. The molecule has 166 valence electrons. The lowest BCUT2D eigenvalue weighted by Crippen LogP contribution is -2.39. The van der Waals surface area contributed by atoms with Crippen LogP contribution in [0.15, 0.2) is 47.6 Å². The summed E-state index contributed by atoms with van der Waals surface area (Å²) >= 11 is 0. The van der Waals surface area contributed by atoms with Gasteiger partial charge in [0.2, 0.25) is 0 Å². The largest absolute Gasteiger partial charge is 0.471 e. The number of halogens is 3. The lowest BCUT2D eigenvalue weighted by Gasteiger charge is -2.36. The Kier molecular flexibility index (Phi) is 6.38. The number of benzene rings is 1. The number of hydrogen-bond acceptors (Lipinski definition) is 5. The number of nitrogens with one attached hydrogen (secondary N) is 1. The molecule has 1 amide bonds. The number of alkyl halides is 3. The number of esters is 1. The molecule has 9 heteroatoms. The zero-order valence-electron chi connectivity index (χ0n) is 17.3. The van der Waals surface area contributed by atoms with Gasteiger partial charge in [0, 0.05) is 31.9 Å². The smallest absolute Gasteiger partial charge is 0.466 e. The monoisotopic (exact) mass is 437 g/mol. The van der Waals surface area contributed by atoms with Crippen molar-refractivity contribution in [2.75, 3.05) is 26.6 Å². The van der Waals surface area contributed by atoms with Crippen molar-refractivity contribution in [3.05, 3.63) is 58.7 Å². The standard InChI is InChI=1S/C22H22F3NO5/c1-29-19(27)15-6-8-16(21(12-15,30-2)31-3)10-14-5-4-13-7-9-17(11-18(13)14)26-20(28)22(23,24)25/h5-9,11H,4,10,12H2,1-3H3,(H,26,28). The normalized spacial score (nSPS) is 17.3. The topological polar surface area (TPSA) is 73.9 Å². The van der Waals surface area contributed by atoms with Gasteiger partial charge in [-0.25, -0.2) is 4.79 Å². The fourth-order valence-corrected chi connectivity index (χ4v) is 3.75. The maximum absolute atomic E-state index is 12.6. The first-order valence-corrected chi connectivity index (χ1v) is 9.43. The summed E-state index contributed by atoms with van der Waals surface area (Å²) in [6.45, 7) is 0. The van der Waals surface area contributed by atoms with E-state index in [2.05, 4.69) is 0 Å². The molecule has 0 bridgehead atoms. The molecular formula is C22H22F3NO5. The molecule has 1 aromatic rings. The summed E-state index contributed by atoms with van der Waals surface area (Å²) in [4.78, 5) is 23.2. The molecule has 3 rings (SSSR count). The highest BCUT2D eigenvalue weighted by Gasteiger charge is 2.40. The molecule has 0 aromatic heterocycles. The maximum atomic E-state index is 12.6. The van der Waals surface area contributed by atoms with Gasteiger partial charge in [0.25, 0.3) is 0 Å². The van der Waals surface area contributed by atoms with Crippen LogP contribution in [-0.4, -0.2) is 45.2 Å². The first kappa shape index (κ1) is 22.8. The number of rotatable bonds is 6. The fraction of sp³-hybridized carbons (Fsp3) is 0.364. The Bertz CT molecular complexity index is 987. The summed E-state index contributed by atoms with van der Waals surface area (Å²) in [7, 11) is 4.23. The Morgan fingerprint density at radius 3 is 2.45 bits per heavy atom. The van der Waals surface area contributed by atoms with Crippen LogP contribution < -0.4 is 5.32 Å². The average Bonchev–Trinajstić information content (AvgIpc) is 3.15. The molecule has 0 atom stereocenters. The minimum Gasteiger partial charge on any atom is -0.466 e. The number of allylic oxidation sites excluding steroid dienone is 4. The highest BCUT2D eigenvalue weighted by molar-refractivity contribution is 5.95. The van der Waals surface area contributed by atoms with Crippen molar-refractivity contribution >= 4 is 23.1 Å². The summed E-state index contributed by atoms with van der Waals surface area (Å²) in [5.74, 6) is -3.68. The Morgan fingerprint density at radius 2 is 1.84 bits per heavy atom. The van der Waals surface area contributed by atoms with E-state index < -0.39 is 23.8 Å². The number of carbonyl (C=O) groups is 2. The molecule has 1 N–H and O–H groups in total. The van der Waals surface area contributed by atoms with Crippen molar-refractivity contribution in [1.82, 2.24) is 0 Å².